The topological polar surface area (TPSA) is 79.0 Å². The molecule has 0 saturated carbocycles. The van der Waals surface area contributed by atoms with Crippen molar-refractivity contribution in [3.8, 4) is 0 Å². The zero-order chi connectivity index (χ0) is 19.2. The van der Waals surface area contributed by atoms with E-state index in [1.807, 2.05) is 30.3 Å². The first-order valence-electron chi connectivity index (χ1n) is 9.60. The van der Waals surface area contributed by atoms with Gasteiger partial charge in [-0.1, -0.05) is 30.3 Å². The summed E-state index contributed by atoms with van der Waals surface area (Å²) in [6.45, 7) is 4.34. The van der Waals surface area contributed by atoms with Gasteiger partial charge in [0.05, 0.1) is 18.6 Å². The Labute approximate surface area is 159 Å². The van der Waals surface area contributed by atoms with Gasteiger partial charge < -0.3 is 19.9 Å². The number of carbonyl (C=O) groups excluding carboxylic acids is 3. The van der Waals surface area contributed by atoms with E-state index in [0.717, 1.165) is 5.56 Å². The van der Waals surface area contributed by atoms with Gasteiger partial charge in [0.15, 0.2) is 0 Å². The summed E-state index contributed by atoms with van der Waals surface area (Å²) < 4.78 is 5.06. The van der Waals surface area contributed by atoms with Crippen LogP contribution in [-0.2, 0) is 20.9 Å². The zero-order valence-electron chi connectivity index (χ0n) is 15.7. The SMILES string of the molecule is CCOC(=O)C1CCN(C(=O)NC2CC(=O)N(Cc3ccccc3)C2)CC1. The lowest BCUT2D eigenvalue weighted by molar-refractivity contribution is -0.149. The summed E-state index contributed by atoms with van der Waals surface area (Å²) in [6.07, 6.45) is 1.57. The summed E-state index contributed by atoms with van der Waals surface area (Å²) in [7, 11) is 0. The number of hydrogen-bond acceptors (Lipinski definition) is 4. The number of urea groups is 1. The molecule has 1 aromatic rings. The second-order valence-corrected chi connectivity index (χ2v) is 7.12. The molecule has 2 saturated heterocycles. The molecule has 0 aromatic heterocycles. The van der Waals surface area contributed by atoms with Crippen LogP contribution in [0.4, 0.5) is 4.79 Å². The number of nitrogens with zero attached hydrogens (tertiary/aromatic N) is 2. The third-order valence-electron chi connectivity index (χ3n) is 5.16. The summed E-state index contributed by atoms with van der Waals surface area (Å²) in [5, 5.41) is 2.97. The summed E-state index contributed by atoms with van der Waals surface area (Å²) in [6, 6.07) is 9.51. The molecule has 7 nitrogen and oxygen atoms in total. The van der Waals surface area contributed by atoms with Gasteiger partial charge in [-0.15, -0.1) is 0 Å². The Morgan fingerprint density at radius 1 is 1.19 bits per heavy atom. The van der Waals surface area contributed by atoms with Gasteiger partial charge in [0.2, 0.25) is 5.91 Å². The van der Waals surface area contributed by atoms with Crippen LogP contribution in [0, 0.1) is 5.92 Å². The fourth-order valence-electron chi connectivity index (χ4n) is 3.67. The molecule has 146 valence electrons. The van der Waals surface area contributed by atoms with Crippen LogP contribution in [-0.4, -0.2) is 60.0 Å². The molecular formula is C20H27N3O4. The zero-order valence-corrected chi connectivity index (χ0v) is 15.7. The Hall–Kier alpha value is -2.57. The van der Waals surface area contributed by atoms with Crippen molar-refractivity contribution in [1.82, 2.24) is 15.1 Å². The molecule has 0 bridgehead atoms. The van der Waals surface area contributed by atoms with Gasteiger partial charge in [-0.05, 0) is 25.3 Å². The van der Waals surface area contributed by atoms with E-state index in [4.69, 9.17) is 4.74 Å². The van der Waals surface area contributed by atoms with Crippen molar-refractivity contribution < 1.29 is 19.1 Å². The maximum Gasteiger partial charge on any atom is 0.317 e. The summed E-state index contributed by atoms with van der Waals surface area (Å²) in [5.41, 5.74) is 1.08. The number of piperidine rings is 1. The molecule has 1 unspecified atom stereocenters. The fraction of sp³-hybridized carbons (Fsp3) is 0.550. The van der Waals surface area contributed by atoms with Crippen LogP contribution in [0.5, 0.6) is 0 Å². The lowest BCUT2D eigenvalue weighted by Gasteiger charge is -2.31. The highest BCUT2D eigenvalue weighted by Gasteiger charge is 2.33. The number of carbonyl (C=O) groups is 3. The first kappa shape index (κ1) is 19.2. The van der Waals surface area contributed by atoms with Crippen molar-refractivity contribution in [3.63, 3.8) is 0 Å². The predicted octanol–water partition coefficient (Wildman–Crippen LogP) is 1.77. The number of hydrogen-bond donors (Lipinski definition) is 1. The Morgan fingerprint density at radius 3 is 2.56 bits per heavy atom. The number of ether oxygens (including phenoxy) is 1. The normalized spacial score (nSPS) is 20.6. The molecule has 1 N–H and O–H groups in total. The molecule has 2 fully saturated rings. The van der Waals surface area contributed by atoms with Crippen molar-refractivity contribution in [2.75, 3.05) is 26.2 Å². The molecule has 3 rings (SSSR count). The molecule has 1 atom stereocenters. The number of rotatable bonds is 5. The second kappa shape index (κ2) is 8.88. The molecular weight excluding hydrogens is 346 g/mol. The van der Waals surface area contributed by atoms with E-state index in [0.29, 0.717) is 52.0 Å². The van der Waals surface area contributed by atoms with Crippen LogP contribution in [0.2, 0.25) is 0 Å². The number of benzene rings is 1. The minimum Gasteiger partial charge on any atom is -0.466 e. The van der Waals surface area contributed by atoms with Gasteiger partial charge in [0.1, 0.15) is 0 Å². The average Bonchev–Trinajstić information content (AvgIpc) is 3.01. The summed E-state index contributed by atoms with van der Waals surface area (Å²) in [4.78, 5) is 40.0. The predicted molar refractivity (Wildman–Crippen MR) is 99.7 cm³/mol. The Morgan fingerprint density at radius 2 is 1.89 bits per heavy atom. The number of amides is 3. The van der Waals surface area contributed by atoms with Crippen LogP contribution < -0.4 is 5.32 Å². The van der Waals surface area contributed by atoms with Gasteiger partial charge in [0.25, 0.3) is 0 Å². The van der Waals surface area contributed by atoms with Gasteiger partial charge >= 0.3 is 12.0 Å². The Kier molecular flexibility index (Phi) is 6.32. The van der Waals surface area contributed by atoms with E-state index in [-0.39, 0.29) is 29.9 Å². The van der Waals surface area contributed by atoms with Crippen molar-refractivity contribution >= 4 is 17.9 Å². The van der Waals surface area contributed by atoms with Crippen molar-refractivity contribution in [1.29, 1.82) is 0 Å². The van der Waals surface area contributed by atoms with Crippen molar-refractivity contribution in [2.24, 2.45) is 5.92 Å². The monoisotopic (exact) mass is 373 g/mol. The maximum atomic E-state index is 12.5. The molecule has 2 aliphatic rings. The highest BCUT2D eigenvalue weighted by molar-refractivity contribution is 5.82. The Bertz CT molecular complexity index is 671. The molecule has 0 radical (unpaired) electrons. The minimum absolute atomic E-state index is 0.0603. The quantitative estimate of drug-likeness (QED) is 0.798. The third kappa shape index (κ3) is 4.99. The average molecular weight is 373 g/mol. The van der Waals surface area contributed by atoms with E-state index < -0.39 is 0 Å². The molecule has 1 aromatic carbocycles. The number of likely N-dealkylation sites (tertiary alicyclic amines) is 2. The van der Waals surface area contributed by atoms with Gasteiger partial charge in [-0.3, -0.25) is 9.59 Å². The van der Waals surface area contributed by atoms with Crippen LogP contribution >= 0.6 is 0 Å². The fourth-order valence-corrected chi connectivity index (χ4v) is 3.67. The third-order valence-corrected chi connectivity index (χ3v) is 5.16. The van der Waals surface area contributed by atoms with E-state index in [1.54, 1.807) is 16.7 Å². The maximum absolute atomic E-state index is 12.5. The van der Waals surface area contributed by atoms with E-state index >= 15 is 0 Å². The lowest BCUT2D eigenvalue weighted by Crippen LogP contribution is -2.49. The molecule has 2 heterocycles. The number of nitrogens with one attached hydrogen (secondary N) is 1. The highest BCUT2D eigenvalue weighted by Crippen LogP contribution is 2.20. The molecule has 27 heavy (non-hydrogen) atoms. The van der Waals surface area contributed by atoms with Crippen molar-refractivity contribution in [2.45, 2.75) is 38.8 Å². The lowest BCUT2D eigenvalue weighted by atomic mass is 9.97. The van der Waals surface area contributed by atoms with Crippen molar-refractivity contribution in [3.05, 3.63) is 35.9 Å². The second-order valence-electron chi connectivity index (χ2n) is 7.12. The molecule has 3 amide bonds. The number of esters is 1. The largest absolute Gasteiger partial charge is 0.466 e. The van der Waals surface area contributed by atoms with Crippen LogP contribution in [0.25, 0.3) is 0 Å². The Balaban J connectivity index is 1.45. The first-order valence-corrected chi connectivity index (χ1v) is 9.60. The van der Waals surface area contributed by atoms with E-state index in [1.165, 1.54) is 0 Å². The summed E-state index contributed by atoms with van der Waals surface area (Å²) in [5.74, 6) is -0.232. The molecule has 0 aliphatic carbocycles. The van der Waals surface area contributed by atoms with Gasteiger partial charge in [-0.2, -0.15) is 0 Å². The van der Waals surface area contributed by atoms with Crippen LogP contribution in [0.15, 0.2) is 30.3 Å². The smallest absolute Gasteiger partial charge is 0.317 e. The minimum atomic E-state index is -0.171. The standard InChI is InChI=1S/C20H27N3O4/c1-2-27-19(25)16-8-10-22(11-9-16)20(26)21-17-12-18(24)23(14-17)13-15-6-4-3-5-7-15/h3-7,16-17H,2,8-14H2,1H3,(H,21,26). The van der Waals surface area contributed by atoms with Gasteiger partial charge in [-0.25, -0.2) is 4.79 Å². The van der Waals surface area contributed by atoms with Crippen LogP contribution in [0.1, 0.15) is 31.7 Å². The molecule has 0 spiro atoms. The van der Waals surface area contributed by atoms with E-state index in [2.05, 4.69) is 5.32 Å². The van der Waals surface area contributed by atoms with Gasteiger partial charge in [0, 0.05) is 32.6 Å². The van der Waals surface area contributed by atoms with Crippen LogP contribution in [0.3, 0.4) is 0 Å². The van der Waals surface area contributed by atoms with E-state index in [9.17, 15) is 14.4 Å². The first-order chi connectivity index (χ1) is 13.1. The highest BCUT2D eigenvalue weighted by atomic mass is 16.5. The summed E-state index contributed by atoms with van der Waals surface area (Å²) >= 11 is 0. The molecule has 2 aliphatic heterocycles. The molecule has 7 heteroatoms.